The van der Waals surface area contributed by atoms with Gasteiger partial charge < -0.3 is 20.9 Å². The van der Waals surface area contributed by atoms with Gasteiger partial charge in [0.1, 0.15) is 23.6 Å². The molecule has 2 fully saturated rings. The topological polar surface area (TPSA) is 150 Å². The quantitative estimate of drug-likeness (QED) is 0.330. The van der Waals surface area contributed by atoms with Gasteiger partial charge in [0, 0.05) is 37.5 Å². The van der Waals surface area contributed by atoms with Crippen molar-refractivity contribution in [2.24, 2.45) is 11.8 Å². The number of hydrogen-bond acceptors (Lipinski definition) is 8. The third kappa shape index (κ3) is 8.54. The minimum absolute atomic E-state index is 0.0266. The standard InChI is InChI=1S/C34H50FN7O5/c1-8-26-31(40-47-39-26)33(45)38-30(23-12-10-19(3)11-13-23)32(44)36-27-15-14-24(16-25(27)35)22(6)29(37-28(43)9-2)34(46)42-17-20(4)41(7)21(5)18-42/h14-16,19-23,29-30H,8-13,17-18H2,1-7H3,(H,36,44)(H,37,43)(H,38,45)/t19?,20-,21+,22-,23?,29+,30-/m0/s1. The van der Waals surface area contributed by atoms with E-state index >= 15 is 4.39 Å². The van der Waals surface area contributed by atoms with Crippen LogP contribution in [-0.2, 0) is 20.8 Å². The van der Waals surface area contributed by atoms with Crippen molar-refractivity contribution in [3.8, 4) is 0 Å². The van der Waals surface area contributed by atoms with Gasteiger partial charge in [-0.25, -0.2) is 9.02 Å². The van der Waals surface area contributed by atoms with Gasteiger partial charge in [-0.3, -0.25) is 24.1 Å². The number of anilines is 1. The summed E-state index contributed by atoms with van der Waals surface area (Å²) in [5, 5.41) is 15.9. The second kappa shape index (κ2) is 15.8. The zero-order valence-corrected chi connectivity index (χ0v) is 28.6. The Kier molecular flexibility index (Phi) is 12.1. The molecule has 258 valence electrons. The zero-order valence-electron chi connectivity index (χ0n) is 28.6. The lowest BCUT2D eigenvalue weighted by Gasteiger charge is -2.44. The Morgan fingerprint density at radius 2 is 1.66 bits per heavy atom. The van der Waals surface area contributed by atoms with Gasteiger partial charge in [0.25, 0.3) is 5.91 Å². The summed E-state index contributed by atoms with van der Waals surface area (Å²) in [7, 11) is 2.03. The highest BCUT2D eigenvalue weighted by Crippen LogP contribution is 2.32. The fourth-order valence-corrected chi connectivity index (χ4v) is 6.61. The van der Waals surface area contributed by atoms with Crippen molar-refractivity contribution >= 4 is 29.3 Å². The number of likely N-dealkylation sites (N-methyl/N-ethyl adjacent to an activating group) is 1. The zero-order chi connectivity index (χ0) is 34.4. The second-order valence-electron chi connectivity index (χ2n) is 13.4. The number of carbonyl (C=O) groups is 4. The molecule has 12 nitrogen and oxygen atoms in total. The molecule has 1 saturated heterocycles. The van der Waals surface area contributed by atoms with Crippen molar-refractivity contribution in [3.05, 3.63) is 41.0 Å². The number of amides is 4. The summed E-state index contributed by atoms with van der Waals surface area (Å²) in [6.07, 6.45) is 3.94. The average Bonchev–Trinajstić information content (AvgIpc) is 3.54. The number of benzene rings is 1. The van der Waals surface area contributed by atoms with E-state index in [1.807, 2.05) is 14.0 Å². The lowest BCUT2D eigenvalue weighted by molar-refractivity contribution is -0.140. The number of aromatic nitrogens is 2. The second-order valence-corrected chi connectivity index (χ2v) is 13.4. The maximum Gasteiger partial charge on any atom is 0.276 e. The Balaban J connectivity index is 1.53. The van der Waals surface area contributed by atoms with Crippen molar-refractivity contribution in [1.29, 1.82) is 0 Å². The predicted octanol–water partition coefficient (Wildman–Crippen LogP) is 3.88. The van der Waals surface area contributed by atoms with Crippen molar-refractivity contribution in [3.63, 3.8) is 0 Å². The van der Waals surface area contributed by atoms with Gasteiger partial charge in [0.15, 0.2) is 5.69 Å². The molecule has 13 heteroatoms. The first-order chi connectivity index (χ1) is 22.3. The molecule has 1 saturated carbocycles. The molecule has 2 aliphatic rings. The summed E-state index contributed by atoms with van der Waals surface area (Å²) in [4.78, 5) is 57.1. The summed E-state index contributed by atoms with van der Waals surface area (Å²) >= 11 is 0. The molecule has 4 rings (SSSR count). The summed E-state index contributed by atoms with van der Waals surface area (Å²) in [6, 6.07) is 2.88. The Morgan fingerprint density at radius 3 is 2.26 bits per heavy atom. The summed E-state index contributed by atoms with van der Waals surface area (Å²) < 4.78 is 20.4. The van der Waals surface area contributed by atoms with Gasteiger partial charge in [-0.1, -0.05) is 51.8 Å². The maximum absolute atomic E-state index is 15.7. The van der Waals surface area contributed by atoms with E-state index in [1.165, 1.54) is 12.1 Å². The molecular formula is C34H50FN7O5. The number of nitrogens with zero attached hydrogens (tertiary/aromatic N) is 4. The Bertz CT molecular complexity index is 1410. The van der Waals surface area contributed by atoms with Crippen LogP contribution in [0, 0.1) is 17.7 Å². The molecule has 0 radical (unpaired) electrons. The van der Waals surface area contributed by atoms with Crippen molar-refractivity contribution in [1.82, 2.24) is 30.7 Å². The number of nitrogens with one attached hydrogen (secondary N) is 3. The number of aryl methyl sites for hydroxylation is 1. The summed E-state index contributed by atoms with van der Waals surface area (Å²) in [5.41, 5.74) is 0.869. The van der Waals surface area contributed by atoms with Gasteiger partial charge in [-0.15, -0.1) is 0 Å². The lowest BCUT2D eigenvalue weighted by Crippen LogP contribution is -2.60. The van der Waals surface area contributed by atoms with Gasteiger partial charge in [-0.05, 0) is 74.8 Å². The summed E-state index contributed by atoms with van der Waals surface area (Å²) in [6.45, 7) is 12.6. The maximum atomic E-state index is 15.7. The van der Waals surface area contributed by atoms with E-state index in [1.54, 1.807) is 24.8 Å². The van der Waals surface area contributed by atoms with Crippen LogP contribution >= 0.6 is 0 Å². The number of piperazine rings is 1. The van der Waals surface area contributed by atoms with Crippen LogP contribution in [0.1, 0.15) is 101 Å². The van der Waals surface area contributed by atoms with Crippen LogP contribution in [0.4, 0.5) is 10.1 Å². The molecule has 5 atom stereocenters. The predicted molar refractivity (Wildman–Crippen MR) is 175 cm³/mol. The van der Waals surface area contributed by atoms with E-state index in [0.29, 0.717) is 36.7 Å². The highest BCUT2D eigenvalue weighted by Gasteiger charge is 2.37. The van der Waals surface area contributed by atoms with E-state index in [-0.39, 0.29) is 47.6 Å². The number of rotatable bonds is 11. The van der Waals surface area contributed by atoms with Crippen LogP contribution < -0.4 is 16.0 Å². The summed E-state index contributed by atoms with van der Waals surface area (Å²) in [5.74, 6) is -2.45. The minimum atomic E-state index is -0.922. The normalized spacial score (nSPS) is 23.8. The van der Waals surface area contributed by atoms with Crippen LogP contribution in [0.15, 0.2) is 22.8 Å². The first-order valence-electron chi connectivity index (χ1n) is 16.9. The smallest absolute Gasteiger partial charge is 0.276 e. The van der Waals surface area contributed by atoms with Crippen molar-refractivity contribution in [2.45, 2.75) is 110 Å². The van der Waals surface area contributed by atoms with Gasteiger partial charge in [0.2, 0.25) is 17.7 Å². The Hall–Kier alpha value is -3.87. The third-order valence-electron chi connectivity index (χ3n) is 10.1. The number of halogens is 1. The van der Waals surface area contributed by atoms with Gasteiger partial charge >= 0.3 is 0 Å². The fraction of sp³-hybridized carbons (Fsp3) is 0.647. The molecule has 1 aromatic carbocycles. The molecule has 2 heterocycles. The number of carbonyl (C=O) groups excluding carboxylic acids is 4. The molecule has 47 heavy (non-hydrogen) atoms. The van der Waals surface area contributed by atoms with E-state index in [0.717, 1.165) is 25.7 Å². The van der Waals surface area contributed by atoms with E-state index in [4.69, 9.17) is 4.63 Å². The largest absolute Gasteiger partial charge is 0.344 e. The third-order valence-corrected chi connectivity index (χ3v) is 10.1. The molecule has 2 aromatic rings. The van der Waals surface area contributed by atoms with Crippen LogP contribution in [0.25, 0.3) is 0 Å². The first-order valence-corrected chi connectivity index (χ1v) is 16.9. The SMILES string of the molecule is CCC(=O)N[C@@H](C(=O)N1C[C@@H](C)N(C)[C@@H](C)C1)[C@@H](C)c1ccc(NC(=O)[C@@H](NC(=O)c2nonc2CC)C2CCC(C)CC2)c(F)c1. The molecule has 1 aliphatic heterocycles. The first kappa shape index (κ1) is 36.0. The van der Waals surface area contributed by atoms with Crippen LogP contribution in [-0.4, -0.2) is 88.0 Å². The Morgan fingerprint density at radius 1 is 1.00 bits per heavy atom. The van der Waals surface area contributed by atoms with E-state index in [9.17, 15) is 19.2 Å². The molecule has 4 amide bonds. The molecule has 0 spiro atoms. The monoisotopic (exact) mass is 655 g/mol. The number of hydrogen-bond donors (Lipinski definition) is 3. The lowest BCUT2D eigenvalue weighted by atomic mass is 9.79. The average molecular weight is 656 g/mol. The van der Waals surface area contributed by atoms with Crippen LogP contribution in [0.3, 0.4) is 0 Å². The molecular weight excluding hydrogens is 605 g/mol. The Labute approximate surface area is 276 Å². The fourth-order valence-electron chi connectivity index (χ4n) is 6.61. The molecule has 0 bridgehead atoms. The van der Waals surface area contributed by atoms with Crippen LogP contribution in [0.2, 0.25) is 0 Å². The van der Waals surface area contributed by atoms with Crippen molar-refractivity contribution < 1.29 is 28.2 Å². The molecule has 3 N–H and O–H groups in total. The van der Waals surface area contributed by atoms with Gasteiger partial charge in [-0.2, -0.15) is 0 Å². The molecule has 0 unspecified atom stereocenters. The highest BCUT2D eigenvalue weighted by molar-refractivity contribution is 6.01. The molecule has 1 aliphatic carbocycles. The highest BCUT2D eigenvalue weighted by atomic mass is 19.1. The van der Waals surface area contributed by atoms with Crippen molar-refractivity contribution in [2.75, 3.05) is 25.5 Å². The van der Waals surface area contributed by atoms with E-state index in [2.05, 4.69) is 51.9 Å². The van der Waals surface area contributed by atoms with E-state index < -0.39 is 35.6 Å². The molecule has 1 aromatic heterocycles. The van der Waals surface area contributed by atoms with Gasteiger partial charge in [0.05, 0.1) is 5.69 Å². The minimum Gasteiger partial charge on any atom is -0.344 e. The van der Waals surface area contributed by atoms with Crippen LogP contribution in [0.5, 0.6) is 0 Å².